The monoisotopic (exact) mass is 390 g/mol. The van der Waals surface area contributed by atoms with Crippen LogP contribution in [0.1, 0.15) is 58.7 Å². The lowest BCUT2D eigenvalue weighted by Crippen LogP contribution is -2.29. The number of nitrogens with zero attached hydrogens (tertiary/aromatic N) is 3. The standard InChI is InChI=1S/C23H26N4O2/c1-3-17-10-12-18(13-11-17)15-27-16(2)22(25-26-27)23(28)24-20-8-6-14-29-21-9-5-4-7-19(20)21/h4-5,7,9-13,20H,3,6,8,14-15H2,1-2H3,(H,24,28). The van der Waals surface area contributed by atoms with Gasteiger partial charge in [0.05, 0.1) is 24.9 Å². The van der Waals surface area contributed by atoms with Gasteiger partial charge in [-0.05, 0) is 43.4 Å². The quantitative estimate of drug-likeness (QED) is 0.719. The number of ether oxygens (including phenoxy) is 1. The van der Waals surface area contributed by atoms with Crippen LogP contribution in [0, 0.1) is 6.92 Å². The third kappa shape index (κ3) is 4.16. The van der Waals surface area contributed by atoms with Gasteiger partial charge < -0.3 is 10.1 Å². The van der Waals surface area contributed by atoms with Gasteiger partial charge in [-0.15, -0.1) is 5.10 Å². The fourth-order valence-corrected chi connectivity index (χ4v) is 3.68. The average molecular weight is 390 g/mol. The van der Waals surface area contributed by atoms with E-state index in [4.69, 9.17) is 4.74 Å². The topological polar surface area (TPSA) is 69.0 Å². The molecule has 4 rings (SSSR count). The summed E-state index contributed by atoms with van der Waals surface area (Å²) in [7, 11) is 0. The largest absolute Gasteiger partial charge is 0.493 e. The Bertz CT molecular complexity index is 994. The van der Waals surface area contributed by atoms with E-state index >= 15 is 0 Å². The molecule has 0 saturated heterocycles. The SMILES string of the molecule is CCc1ccc(Cn2nnc(C(=O)NC3CCCOc4ccccc43)c2C)cc1. The molecular weight excluding hydrogens is 364 g/mol. The van der Waals surface area contributed by atoms with E-state index in [1.807, 2.05) is 31.2 Å². The van der Waals surface area contributed by atoms with Gasteiger partial charge in [-0.3, -0.25) is 4.79 Å². The molecule has 150 valence electrons. The lowest BCUT2D eigenvalue weighted by atomic mass is 10.0. The molecule has 1 N–H and O–H groups in total. The van der Waals surface area contributed by atoms with Crippen molar-refractivity contribution in [2.45, 2.75) is 45.7 Å². The summed E-state index contributed by atoms with van der Waals surface area (Å²) in [5, 5.41) is 11.5. The Morgan fingerprint density at radius 2 is 1.93 bits per heavy atom. The predicted octanol–water partition coefficient (Wildman–Crippen LogP) is 3.84. The molecule has 3 aromatic rings. The second-order valence-electron chi connectivity index (χ2n) is 7.41. The maximum Gasteiger partial charge on any atom is 0.274 e. The molecule has 1 aliphatic heterocycles. The van der Waals surface area contributed by atoms with Crippen molar-refractivity contribution in [3.63, 3.8) is 0 Å². The number of rotatable bonds is 5. The zero-order valence-corrected chi connectivity index (χ0v) is 16.9. The highest BCUT2D eigenvalue weighted by Gasteiger charge is 2.24. The van der Waals surface area contributed by atoms with Crippen LogP contribution in [0.4, 0.5) is 0 Å². The number of benzene rings is 2. The van der Waals surface area contributed by atoms with Crippen LogP contribution in [-0.2, 0) is 13.0 Å². The minimum absolute atomic E-state index is 0.0904. The molecule has 1 amide bonds. The molecule has 0 bridgehead atoms. The molecule has 1 aromatic heterocycles. The van der Waals surface area contributed by atoms with Crippen molar-refractivity contribution in [3.05, 3.63) is 76.6 Å². The second kappa shape index (κ2) is 8.47. The zero-order valence-electron chi connectivity index (χ0n) is 16.9. The number of fused-ring (bicyclic) bond motifs is 1. The van der Waals surface area contributed by atoms with Crippen molar-refractivity contribution < 1.29 is 9.53 Å². The van der Waals surface area contributed by atoms with Gasteiger partial charge in [-0.25, -0.2) is 4.68 Å². The number of para-hydroxylation sites is 1. The summed E-state index contributed by atoms with van der Waals surface area (Å²) in [4.78, 5) is 12.9. The van der Waals surface area contributed by atoms with Gasteiger partial charge in [0.15, 0.2) is 5.69 Å². The Morgan fingerprint density at radius 3 is 2.72 bits per heavy atom. The van der Waals surface area contributed by atoms with Crippen LogP contribution in [0.2, 0.25) is 0 Å². The number of nitrogens with one attached hydrogen (secondary N) is 1. The van der Waals surface area contributed by atoms with E-state index < -0.39 is 0 Å². The molecule has 0 radical (unpaired) electrons. The van der Waals surface area contributed by atoms with E-state index in [1.165, 1.54) is 5.56 Å². The van der Waals surface area contributed by atoms with Gasteiger partial charge in [0, 0.05) is 5.56 Å². The third-order valence-electron chi connectivity index (χ3n) is 5.46. The molecule has 6 nitrogen and oxygen atoms in total. The molecule has 0 spiro atoms. The minimum atomic E-state index is -0.197. The van der Waals surface area contributed by atoms with Gasteiger partial charge in [-0.1, -0.05) is 54.6 Å². The summed E-state index contributed by atoms with van der Waals surface area (Å²) >= 11 is 0. The van der Waals surface area contributed by atoms with Crippen LogP contribution >= 0.6 is 0 Å². The molecule has 0 fully saturated rings. The fraction of sp³-hybridized carbons (Fsp3) is 0.348. The van der Waals surface area contributed by atoms with Crippen LogP contribution in [-0.4, -0.2) is 27.5 Å². The normalized spacial score (nSPS) is 15.9. The highest BCUT2D eigenvalue weighted by atomic mass is 16.5. The van der Waals surface area contributed by atoms with Crippen LogP contribution in [0.5, 0.6) is 5.75 Å². The molecule has 0 saturated carbocycles. The molecule has 1 atom stereocenters. The number of aromatic nitrogens is 3. The fourth-order valence-electron chi connectivity index (χ4n) is 3.68. The second-order valence-corrected chi connectivity index (χ2v) is 7.41. The molecular formula is C23H26N4O2. The van der Waals surface area contributed by atoms with Gasteiger partial charge >= 0.3 is 0 Å². The highest BCUT2D eigenvalue weighted by molar-refractivity contribution is 5.93. The lowest BCUT2D eigenvalue weighted by molar-refractivity contribution is 0.0929. The molecule has 6 heteroatoms. The summed E-state index contributed by atoms with van der Waals surface area (Å²) in [6.45, 7) is 5.28. The van der Waals surface area contributed by atoms with Gasteiger partial charge in [-0.2, -0.15) is 0 Å². The van der Waals surface area contributed by atoms with E-state index in [9.17, 15) is 4.79 Å². The maximum atomic E-state index is 12.9. The Balaban J connectivity index is 1.50. The number of carbonyl (C=O) groups excluding carboxylic acids is 1. The van der Waals surface area contributed by atoms with Gasteiger partial charge in [0.1, 0.15) is 5.75 Å². The van der Waals surface area contributed by atoms with E-state index in [1.54, 1.807) is 4.68 Å². The van der Waals surface area contributed by atoms with Crippen molar-refractivity contribution in [1.82, 2.24) is 20.3 Å². The van der Waals surface area contributed by atoms with Crippen molar-refractivity contribution in [1.29, 1.82) is 0 Å². The first kappa shape index (κ1) is 19.2. The average Bonchev–Trinajstić information content (AvgIpc) is 2.98. The molecule has 0 aliphatic carbocycles. The van der Waals surface area contributed by atoms with Crippen molar-refractivity contribution in [3.8, 4) is 5.75 Å². The molecule has 2 aromatic carbocycles. The summed E-state index contributed by atoms with van der Waals surface area (Å²) in [5.74, 6) is 0.642. The van der Waals surface area contributed by atoms with E-state index in [2.05, 4.69) is 46.8 Å². The van der Waals surface area contributed by atoms with Crippen LogP contribution in [0.15, 0.2) is 48.5 Å². The molecule has 1 aliphatic rings. The Morgan fingerprint density at radius 1 is 1.17 bits per heavy atom. The lowest BCUT2D eigenvalue weighted by Gasteiger charge is -2.17. The molecule has 1 unspecified atom stereocenters. The van der Waals surface area contributed by atoms with Crippen molar-refractivity contribution in [2.75, 3.05) is 6.61 Å². The Kier molecular flexibility index (Phi) is 5.60. The summed E-state index contributed by atoms with van der Waals surface area (Å²) in [5.41, 5.74) is 4.59. The minimum Gasteiger partial charge on any atom is -0.493 e. The number of aryl methyl sites for hydroxylation is 1. The number of hydrogen-bond acceptors (Lipinski definition) is 4. The molecule has 2 heterocycles. The van der Waals surface area contributed by atoms with Gasteiger partial charge in [0.25, 0.3) is 5.91 Å². The zero-order chi connectivity index (χ0) is 20.2. The van der Waals surface area contributed by atoms with Crippen LogP contribution < -0.4 is 10.1 Å². The smallest absolute Gasteiger partial charge is 0.274 e. The van der Waals surface area contributed by atoms with Crippen molar-refractivity contribution >= 4 is 5.91 Å². The van der Waals surface area contributed by atoms with E-state index in [0.717, 1.165) is 41.8 Å². The van der Waals surface area contributed by atoms with Crippen molar-refractivity contribution in [2.24, 2.45) is 0 Å². The predicted molar refractivity (Wildman–Crippen MR) is 111 cm³/mol. The third-order valence-corrected chi connectivity index (χ3v) is 5.46. The Labute approximate surface area is 170 Å². The summed E-state index contributed by atoms with van der Waals surface area (Å²) in [6.07, 6.45) is 2.74. The van der Waals surface area contributed by atoms with Crippen LogP contribution in [0.3, 0.4) is 0 Å². The molecule has 29 heavy (non-hydrogen) atoms. The number of carbonyl (C=O) groups is 1. The summed E-state index contributed by atoms with van der Waals surface area (Å²) < 4.78 is 7.57. The highest BCUT2D eigenvalue weighted by Crippen LogP contribution is 2.31. The first-order valence-electron chi connectivity index (χ1n) is 10.2. The Hall–Kier alpha value is -3.15. The van der Waals surface area contributed by atoms with E-state index in [-0.39, 0.29) is 11.9 Å². The van der Waals surface area contributed by atoms with Crippen LogP contribution in [0.25, 0.3) is 0 Å². The van der Waals surface area contributed by atoms with E-state index in [0.29, 0.717) is 18.8 Å². The van der Waals surface area contributed by atoms with Gasteiger partial charge in [0.2, 0.25) is 0 Å². The number of hydrogen-bond donors (Lipinski definition) is 1. The number of amides is 1. The maximum absolute atomic E-state index is 12.9. The summed E-state index contributed by atoms with van der Waals surface area (Å²) in [6, 6.07) is 16.2. The first-order chi connectivity index (χ1) is 14.2. The first-order valence-corrected chi connectivity index (χ1v) is 10.2.